The highest BCUT2D eigenvalue weighted by molar-refractivity contribution is 6.27. The van der Waals surface area contributed by atoms with Crippen LogP contribution >= 0.6 is 0 Å². The lowest BCUT2D eigenvalue weighted by Gasteiger charge is -2.11. The van der Waals surface area contributed by atoms with Gasteiger partial charge in [-0.05, 0) is 242 Å². The summed E-state index contributed by atoms with van der Waals surface area (Å²) in [6, 6.07) is 119. The van der Waals surface area contributed by atoms with Crippen LogP contribution < -0.4 is 0 Å². The average Bonchev–Trinajstić information content (AvgIpc) is 0.741. The second-order valence-electron chi connectivity index (χ2n) is 28.1. The van der Waals surface area contributed by atoms with Crippen molar-refractivity contribution >= 4 is 151 Å². The molecular formula is C142H204. The zero-order valence-corrected chi connectivity index (χ0v) is 100. The maximum absolute atomic E-state index is 2.30. The van der Waals surface area contributed by atoms with E-state index < -0.39 is 0 Å². The van der Waals surface area contributed by atoms with Crippen molar-refractivity contribution in [2.24, 2.45) is 0 Å². The zero-order valence-electron chi connectivity index (χ0n) is 100. The Balaban J connectivity index is -0.000000365. The molecule has 142 heavy (non-hydrogen) atoms. The Kier molecular flexibility index (Phi) is 86.1. The van der Waals surface area contributed by atoms with Gasteiger partial charge in [-0.2, -0.15) is 0 Å². The summed E-state index contributed by atoms with van der Waals surface area (Å²) in [5.74, 6) is 0. The molecule has 0 atom stereocenters. The normalized spacial score (nSPS) is 8.92. The molecule has 0 radical (unpaired) electrons. The topological polar surface area (TPSA) is 0 Å². The van der Waals surface area contributed by atoms with Crippen LogP contribution in [0.5, 0.6) is 0 Å². The first kappa shape index (κ1) is 141. The maximum Gasteiger partial charge on any atom is -0.00963 e. The van der Waals surface area contributed by atoms with E-state index in [1.165, 1.54) is 206 Å². The summed E-state index contributed by atoms with van der Waals surface area (Å²) < 4.78 is 0. The van der Waals surface area contributed by atoms with Gasteiger partial charge in [0.2, 0.25) is 0 Å². The minimum absolute atomic E-state index is 1.31. The lowest BCUT2D eigenvalue weighted by Crippen LogP contribution is -1.85. The standard InChI is InChI=1S/C20H16.C18H12.4C16H14.20C2H6/c1-13-7-9-17-18-10-8-14(2)12-20(18)16-6-4-3-5-15(16)19(17)11-13;1-2-8-14-13(7-1)15-9-3-4-11-17(15)18-12-6-5-10-16(14)18;1-11-3-7-15-13(9-11)5-6-14-10-12(2)4-8-16(14)15;1-11-5-3-7-15-13(11)9-10-14-12(2)6-4-8-16(14)15;2*1-11-6-8-15-13(10-11)7-9-14-12(2)4-3-5-16(14)15;20*1-2/h3-12H,1-2H3;1-12H;4*3-10H,1-2H3;20*1-2H3. The molecule has 20 aromatic rings. The van der Waals surface area contributed by atoms with Gasteiger partial charge >= 0.3 is 0 Å². The number of hydrogen-bond acceptors (Lipinski definition) is 0. The average molecular weight is 1910 g/mol. The third-order valence-corrected chi connectivity index (χ3v) is 20.8. The highest BCUT2D eigenvalue weighted by atomic mass is 14.2. The van der Waals surface area contributed by atoms with Crippen molar-refractivity contribution in [2.45, 2.75) is 346 Å². The van der Waals surface area contributed by atoms with Crippen molar-refractivity contribution < 1.29 is 0 Å². The Hall–Kier alpha value is -12.0. The SMILES string of the molecule is CC.CC.CC.CC.CC.CC.CC.CC.CC.CC.CC.CC.CC.CC.CC.CC.CC.CC.CC.CC.Cc1ccc2c(ccc3c(C)cccc32)c1.Cc1ccc2c(ccc3c(C)cccc32)c1.Cc1ccc2c(ccc3cc(C)ccc32)c1.Cc1ccc2c3ccc(C)cc3c3ccccc3c2c1.Cc1cccc2c1ccc1c(C)cccc12.c1ccc2c(c1)c1ccccc1c1ccccc21. The van der Waals surface area contributed by atoms with Gasteiger partial charge in [-0.25, -0.2) is 0 Å². The van der Waals surface area contributed by atoms with Gasteiger partial charge in [-0.15, -0.1) is 0 Å². The molecule has 0 N–H and O–H groups in total. The largest absolute Gasteiger partial charge is 0.0683 e. The predicted molar refractivity (Wildman–Crippen MR) is 678 cm³/mol. The fourth-order valence-corrected chi connectivity index (χ4v) is 15.5. The van der Waals surface area contributed by atoms with Gasteiger partial charge in [-0.3, -0.25) is 0 Å². The fraction of sp³-hybridized carbons (Fsp3) is 0.352. The van der Waals surface area contributed by atoms with Crippen LogP contribution in [-0.2, 0) is 0 Å². The van der Waals surface area contributed by atoms with Crippen LogP contribution in [0, 0.1) is 69.2 Å². The third-order valence-electron chi connectivity index (χ3n) is 20.8. The number of fused-ring (bicyclic) bond motifs is 24. The molecule has 0 aromatic heterocycles. The van der Waals surface area contributed by atoms with E-state index in [4.69, 9.17) is 0 Å². The van der Waals surface area contributed by atoms with Gasteiger partial charge in [0.25, 0.3) is 0 Å². The maximum atomic E-state index is 2.30. The van der Waals surface area contributed by atoms with E-state index in [9.17, 15) is 0 Å². The summed E-state index contributed by atoms with van der Waals surface area (Å²) in [5.41, 5.74) is 13.3. The number of hydrogen-bond donors (Lipinski definition) is 0. The molecule has 0 bridgehead atoms. The second kappa shape index (κ2) is 86.9. The van der Waals surface area contributed by atoms with Gasteiger partial charge < -0.3 is 0 Å². The highest BCUT2D eigenvalue weighted by Crippen LogP contribution is 2.39. The van der Waals surface area contributed by atoms with Crippen molar-refractivity contribution in [3.05, 3.63) is 383 Å². The minimum Gasteiger partial charge on any atom is -0.0683 e. The van der Waals surface area contributed by atoms with E-state index in [0.29, 0.717) is 0 Å². The van der Waals surface area contributed by atoms with E-state index in [2.05, 4.69) is 397 Å². The first-order valence-electron chi connectivity index (χ1n) is 55.9. The Morgan fingerprint density at radius 1 is 0.0845 bits per heavy atom. The smallest absolute Gasteiger partial charge is 0.00963 e. The van der Waals surface area contributed by atoms with Crippen LogP contribution in [0.2, 0.25) is 0 Å². The van der Waals surface area contributed by atoms with Crippen LogP contribution in [0.25, 0.3) is 151 Å². The lowest BCUT2D eigenvalue weighted by molar-refractivity contribution is 1.50. The molecule has 0 aliphatic heterocycles. The predicted octanol–water partition coefficient (Wildman–Crippen LogP) is 49.9. The first-order chi connectivity index (χ1) is 69.7. The molecule has 0 heteroatoms. The molecule has 0 amide bonds. The molecule has 0 aliphatic rings. The van der Waals surface area contributed by atoms with Gasteiger partial charge in [0.15, 0.2) is 0 Å². The molecule has 0 unspecified atom stereocenters. The number of benzene rings is 20. The number of rotatable bonds is 0. The van der Waals surface area contributed by atoms with Crippen LogP contribution in [0.15, 0.2) is 328 Å². The van der Waals surface area contributed by atoms with Gasteiger partial charge in [0, 0.05) is 0 Å². The molecule has 0 fully saturated rings. The summed E-state index contributed by atoms with van der Waals surface area (Å²) in [5, 5.41) is 37.8. The van der Waals surface area contributed by atoms with Crippen molar-refractivity contribution in [2.75, 3.05) is 0 Å². The summed E-state index contributed by atoms with van der Waals surface area (Å²) >= 11 is 0. The van der Waals surface area contributed by atoms with Crippen LogP contribution in [0.3, 0.4) is 0 Å². The minimum atomic E-state index is 1.31. The summed E-state index contributed by atoms with van der Waals surface area (Å²) in [7, 11) is 0. The molecule has 0 saturated heterocycles. The quantitative estimate of drug-likeness (QED) is 0.133. The summed E-state index contributed by atoms with van der Waals surface area (Å²) in [6.45, 7) is 102. The molecule has 0 saturated carbocycles. The van der Waals surface area contributed by atoms with Crippen molar-refractivity contribution in [1.82, 2.24) is 0 Å². The Morgan fingerprint density at radius 2 is 0.197 bits per heavy atom. The van der Waals surface area contributed by atoms with Gasteiger partial charge in [0.1, 0.15) is 0 Å². The zero-order chi connectivity index (χ0) is 110. The van der Waals surface area contributed by atoms with Crippen LogP contribution in [0.1, 0.15) is 333 Å². The van der Waals surface area contributed by atoms with E-state index in [-0.39, 0.29) is 0 Å². The van der Waals surface area contributed by atoms with Gasteiger partial charge in [-0.1, -0.05) is 638 Å². The van der Waals surface area contributed by atoms with E-state index in [1.807, 2.05) is 277 Å². The first-order valence-corrected chi connectivity index (χ1v) is 55.9. The second-order valence-corrected chi connectivity index (χ2v) is 28.1. The van der Waals surface area contributed by atoms with E-state index in [0.717, 1.165) is 0 Å². The molecule has 0 spiro atoms. The van der Waals surface area contributed by atoms with Crippen molar-refractivity contribution in [3.8, 4) is 0 Å². The third kappa shape index (κ3) is 40.4. The highest BCUT2D eigenvalue weighted by Gasteiger charge is 2.12. The van der Waals surface area contributed by atoms with Crippen molar-refractivity contribution in [3.63, 3.8) is 0 Å². The molecule has 772 valence electrons. The fourth-order valence-electron chi connectivity index (χ4n) is 15.5. The van der Waals surface area contributed by atoms with E-state index >= 15 is 0 Å². The molecule has 20 rings (SSSR count). The van der Waals surface area contributed by atoms with Crippen LogP contribution in [-0.4, -0.2) is 0 Å². The number of aryl methyl sites for hydroxylation is 10. The summed E-state index contributed by atoms with van der Waals surface area (Å²) in [6.07, 6.45) is 0. The monoisotopic (exact) mass is 1910 g/mol. The molecule has 0 nitrogen and oxygen atoms in total. The molecular weight excluding hydrogens is 1710 g/mol. The van der Waals surface area contributed by atoms with Crippen molar-refractivity contribution in [1.29, 1.82) is 0 Å². The molecule has 20 aromatic carbocycles. The Morgan fingerprint density at radius 3 is 0.387 bits per heavy atom. The van der Waals surface area contributed by atoms with E-state index in [1.54, 1.807) is 0 Å². The molecule has 0 aliphatic carbocycles. The Bertz CT molecular complexity index is 6050. The Labute approximate surface area is 874 Å². The molecule has 0 heterocycles. The lowest BCUT2D eigenvalue weighted by atomic mass is 9.93. The van der Waals surface area contributed by atoms with Crippen LogP contribution in [0.4, 0.5) is 0 Å². The van der Waals surface area contributed by atoms with Gasteiger partial charge in [0.05, 0.1) is 0 Å². The summed E-state index contributed by atoms with van der Waals surface area (Å²) in [4.78, 5) is 0.